The Labute approximate surface area is 101 Å². The molecule has 1 saturated heterocycles. The molecule has 17 heavy (non-hydrogen) atoms. The van der Waals surface area contributed by atoms with Gasteiger partial charge in [-0.2, -0.15) is 0 Å². The van der Waals surface area contributed by atoms with Crippen molar-refractivity contribution in [1.82, 2.24) is 14.9 Å². The fourth-order valence-corrected chi connectivity index (χ4v) is 2.45. The van der Waals surface area contributed by atoms with Gasteiger partial charge >= 0.3 is 0 Å². The number of aromatic nitrogens is 2. The van der Waals surface area contributed by atoms with Crippen LogP contribution >= 0.6 is 0 Å². The highest BCUT2D eigenvalue weighted by Crippen LogP contribution is 2.18. The van der Waals surface area contributed by atoms with Crippen molar-refractivity contribution in [3.05, 3.63) is 42.7 Å². The van der Waals surface area contributed by atoms with E-state index in [0.29, 0.717) is 6.04 Å². The zero-order chi connectivity index (χ0) is 11.5. The van der Waals surface area contributed by atoms with Crippen molar-refractivity contribution in [3.8, 4) is 11.4 Å². The zero-order valence-electron chi connectivity index (χ0n) is 9.84. The quantitative estimate of drug-likeness (QED) is 0.872. The third kappa shape index (κ3) is 2.24. The van der Waals surface area contributed by atoms with Gasteiger partial charge in [0.05, 0.1) is 0 Å². The van der Waals surface area contributed by atoms with Gasteiger partial charge in [0.15, 0.2) is 0 Å². The van der Waals surface area contributed by atoms with Gasteiger partial charge in [-0.25, -0.2) is 4.98 Å². The van der Waals surface area contributed by atoms with E-state index in [4.69, 9.17) is 0 Å². The molecule has 2 aromatic rings. The molecule has 1 N–H and O–H groups in total. The minimum atomic E-state index is 0.603. The van der Waals surface area contributed by atoms with E-state index in [-0.39, 0.29) is 0 Å². The second kappa shape index (κ2) is 4.72. The summed E-state index contributed by atoms with van der Waals surface area (Å²) in [5, 5.41) is 3.52. The molecule has 1 aromatic carbocycles. The molecule has 3 nitrogen and oxygen atoms in total. The van der Waals surface area contributed by atoms with Crippen LogP contribution in [0.1, 0.15) is 12.8 Å². The molecule has 0 radical (unpaired) electrons. The van der Waals surface area contributed by atoms with E-state index in [0.717, 1.165) is 18.9 Å². The van der Waals surface area contributed by atoms with Crippen molar-refractivity contribution in [2.75, 3.05) is 6.54 Å². The summed E-state index contributed by atoms with van der Waals surface area (Å²) < 4.78 is 2.25. The lowest BCUT2D eigenvalue weighted by Crippen LogP contribution is -2.26. The minimum Gasteiger partial charge on any atom is -0.329 e. The number of hydrogen-bond acceptors (Lipinski definition) is 2. The monoisotopic (exact) mass is 227 g/mol. The van der Waals surface area contributed by atoms with Gasteiger partial charge in [0.25, 0.3) is 0 Å². The van der Waals surface area contributed by atoms with E-state index in [2.05, 4.69) is 45.3 Å². The minimum absolute atomic E-state index is 0.603. The standard InChI is InChI=1S/C14H17N3/c1-2-5-12(6-3-1)14-16-9-10-17(14)11-13-7-4-8-15-13/h1-3,5-6,9-10,13,15H,4,7-8,11H2/t13-/m0/s1. The van der Waals surface area contributed by atoms with Crippen molar-refractivity contribution in [2.45, 2.75) is 25.4 Å². The molecule has 88 valence electrons. The third-order valence-electron chi connectivity index (χ3n) is 3.33. The Morgan fingerprint density at radius 2 is 2.18 bits per heavy atom. The van der Waals surface area contributed by atoms with Gasteiger partial charge in [0.1, 0.15) is 5.82 Å². The van der Waals surface area contributed by atoms with Gasteiger partial charge in [0, 0.05) is 30.5 Å². The van der Waals surface area contributed by atoms with Gasteiger partial charge in [0.2, 0.25) is 0 Å². The lowest BCUT2D eigenvalue weighted by molar-refractivity contribution is 0.512. The summed E-state index contributed by atoms with van der Waals surface area (Å²) in [5.41, 5.74) is 1.19. The summed E-state index contributed by atoms with van der Waals surface area (Å²) in [6.07, 6.45) is 6.52. The number of hydrogen-bond donors (Lipinski definition) is 1. The molecule has 1 fully saturated rings. The van der Waals surface area contributed by atoms with Gasteiger partial charge in [-0.1, -0.05) is 30.3 Å². The molecule has 2 heterocycles. The SMILES string of the molecule is c1ccc(-c2nccn2C[C@@H]2CCCN2)cc1. The number of imidazole rings is 1. The Bertz CT molecular complexity index is 469. The average Bonchev–Trinajstić information content (AvgIpc) is 3.02. The Morgan fingerprint density at radius 3 is 2.94 bits per heavy atom. The van der Waals surface area contributed by atoms with Crippen molar-refractivity contribution < 1.29 is 0 Å². The second-order valence-corrected chi connectivity index (χ2v) is 4.56. The van der Waals surface area contributed by atoms with Crippen LogP contribution in [0.3, 0.4) is 0 Å². The lowest BCUT2D eigenvalue weighted by atomic mass is 10.2. The fraction of sp³-hybridized carbons (Fsp3) is 0.357. The number of rotatable bonds is 3. The first-order valence-corrected chi connectivity index (χ1v) is 6.23. The van der Waals surface area contributed by atoms with Crippen molar-refractivity contribution >= 4 is 0 Å². The molecule has 1 aliphatic rings. The number of nitrogens with one attached hydrogen (secondary N) is 1. The molecule has 3 heteroatoms. The maximum Gasteiger partial charge on any atom is 0.139 e. The van der Waals surface area contributed by atoms with Crippen molar-refractivity contribution in [3.63, 3.8) is 0 Å². The largest absolute Gasteiger partial charge is 0.329 e. The van der Waals surface area contributed by atoms with Crippen molar-refractivity contribution in [2.24, 2.45) is 0 Å². The topological polar surface area (TPSA) is 29.9 Å². The Balaban J connectivity index is 1.84. The third-order valence-corrected chi connectivity index (χ3v) is 3.33. The molecule has 3 rings (SSSR count). The highest BCUT2D eigenvalue weighted by atomic mass is 15.1. The number of nitrogens with zero attached hydrogens (tertiary/aromatic N) is 2. The first-order chi connectivity index (χ1) is 8.43. The van der Waals surface area contributed by atoms with E-state index < -0.39 is 0 Å². The summed E-state index contributed by atoms with van der Waals surface area (Å²) in [4.78, 5) is 4.46. The first kappa shape index (κ1) is 10.5. The van der Waals surface area contributed by atoms with Crippen molar-refractivity contribution in [1.29, 1.82) is 0 Å². The van der Waals surface area contributed by atoms with E-state index in [1.807, 2.05) is 12.3 Å². The summed E-state index contributed by atoms with van der Waals surface area (Å²) in [6.45, 7) is 2.17. The maximum atomic E-state index is 4.46. The predicted molar refractivity (Wildman–Crippen MR) is 68.7 cm³/mol. The normalized spacial score (nSPS) is 19.6. The summed E-state index contributed by atoms with van der Waals surface area (Å²) in [6, 6.07) is 11.0. The van der Waals surface area contributed by atoms with Gasteiger partial charge < -0.3 is 9.88 Å². The summed E-state index contributed by atoms with van der Waals surface area (Å²) >= 11 is 0. The van der Waals surface area contributed by atoms with Crippen LogP contribution in [0.5, 0.6) is 0 Å². The molecule has 0 bridgehead atoms. The first-order valence-electron chi connectivity index (χ1n) is 6.23. The van der Waals surface area contributed by atoms with E-state index in [9.17, 15) is 0 Å². The van der Waals surface area contributed by atoms with Gasteiger partial charge in [-0.05, 0) is 19.4 Å². The van der Waals surface area contributed by atoms with E-state index in [1.54, 1.807) is 0 Å². The van der Waals surface area contributed by atoms with Gasteiger partial charge in [-0.3, -0.25) is 0 Å². The van der Waals surface area contributed by atoms with Crippen LogP contribution in [0.4, 0.5) is 0 Å². The van der Waals surface area contributed by atoms with Crippen LogP contribution in [-0.4, -0.2) is 22.1 Å². The van der Waals surface area contributed by atoms with Gasteiger partial charge in [-0.15, -0.1) is 0 Å². The molecule has 0 aliphatic carbocycles. The van der Waals surface area contributed by atoms with Crippen LogP contribution in [0, 0.1) is 0 Å². The molecule has 0 unspecified atom stereocenters. The number of benzene rings is 1. The fourth-order valence-electron chi connectivity index (χ4n) is 2.45. The highest BCUT2D eigenvalue weighted by Gasteiger charge is 2.16. The molecule has 0 saturated carbocycles. The van der Waals surface area contributed by atoms with E-state index >= 15 is 0 Å². The Kier molecular flexibility index (Phi) is 2.92. The summed E-state index contributed by atoms with van der Waals surface area (Å²) in [7, 11) is 0. The Hall–Kier alpha value is -1.61. The highest BCUT2D eigenvalue weighted by molar-refractivity contribution is 5.55. The van der Waals surface area contributed by atoms with Crippen LogP contribution in [0.15, 0.2) is 42.7 Å². The molecular weight excluding hydrogens is 210 g/mol. The maximum absolute atomic E-state index is 4.46. The van der Waals surface area contributed by atoms with Crippen LogP contribution in [0.25, 0.3) is 11.4 Å². The summed E-state index contributed by atoms with van der Waals surface area (Å²) in [5.74, 6) is 1.07. The molecular formula is C14H17N3. The average molecular weight is 227 g/mol. The van der Waals surface area contributed by atoms with Crippen LogP contribution in [-0.2, 0) is 6.54 Å². The zero-order valence-corrected chi connectivity index (χ0v) is 9.84. The predicted octanol–water partition coefficient (Wildman–Crippen LogP) is 2.30. The second-order valence-electron chi connectivity index (χ2n) is 4.56. The molecule has 1 aromatic heterocycles. The molecule has 1 aliphatic heterocycles. The molecule has 0 spiro atoms. The van der Waals surface area contributed by atoms with Crippen LogP contribution < -0.4 is 5.32 Å². The lowest BCUT2D eigenvalue weighted by Gasteiger charge is -2.13. The molecule has 0 amide bonds. The molecule has 1 atom stereocenters. The smallest absolute Gasteiger partial charge is 0.139 e. The Morgan fingerprint density at radius 1 is 1.29 bits per heavy atom. The van der Waals surface area contributed by atoms with Crippen LogP contribution in [0.2, 0.25) is 0 Å². The van der Waals surface area contributed by atoms with E-state index in [1.165, 1.54) is 18.4 Å².